The van der Waals surface area contributed by atoms with Crippen LogP contribution in [0.4, 0.5) is 18.9 Å². The highest BCUT2D eigenvalue weighted by atomic mass is 19.4. The predicted octanol–water partition coefficient (Wildman–Crippen LogP) is 2.15. The second kappa shape index (κ2) is 14.2. The van der Waals surface area contributed by atoms with Gasteiger partial charge in [-0.1, -0.05) is 50.2 Å². The van der Waals surface area contributed by atoms with E-state index < -0.39 is 85.2 Å². The van der Waals surface area contributed by atoms with Gasteiger partial charge in [0.05, 0.1) is 12.5 Å². The Hall–Kier alpha value is -4.04. The fourth-order valence-corrected chi connectivity index (χ4v) is 4.52. The largest absolute Gasteiger partial charge is 0.481 e. The first-order chi connectivity index (χ1) is 19.8. The molecular formula is C28H33F3N4O7. The Morgan fingerprint density at radius 1 is 1.02 bits per heavy atom. The number of carbonyl (C=O) groups excluding carboxylic acids is 4. The van der Waals surface area contributed by atoms with Crippen LogP contribution in [0, 0.1) is 5.92 Å². The zero-order valence-electron chi connectivity index (χ0n) is 23.0. The summed E-state index contributed by atoms with van der Waals surface area (Å²) in [7, 11) is 0. The summed E-state index contributed by atoms with van der Waals surface area (Å²) < 4.78 is 44.4. The van der Waals surface area contributed by atoms with Gasteiger partial charge in [-0.3, -0.25) is 24.0 Å². The topological polar surface area (TPSA) is 163 Å². The maximum Gasteiger partial charge on any atom is 0.403 e. The number of benzene rings is 2. The van der Waals surface area contributed by atoms with Crippen molar-refractivity contribution in [1.29, 1.82) is 0 Å². The number of piperidine rings is 1. The third-order valence-corrected chi connectivity index (χ3v) is 6.78. The lowest BCUT2D eigenvalue weighted by Gasteiger charge is -2.31. The molecule has 1 fully saturated rings. The van der Waals surface area contributed by atoms with Crippen LogP contribution in [0.1, 0.15) is 33.1 Å². The van der Waals surface area contributed by atoms with Gasteiger partial charge >= 0.3 is 24.0 Å². The molecule has 3 amide bonds. The molecule has 4 atom stereocenters. The number of carbonyl (C=O) groups is 5. The fraction of sp³-hybridized carbons (Fsp3) is 0.464. The molecule has 0 saturated carbocycles. The molecule has 1 heterocycles. The molecule has 2 aromatic rings. The number of rotatable bonds is 11. The summed E-state index contributed by atoms with van der Waals surface area (Å²) in [5.41, 5.74) is 0.376. The molecule has 42 heavy (non-hydrogen) atoms. The van der Waals surface area contributed by atoms with Crippen LogP contribution < -0.4 is 21.3 Å². The van der Waals surface area contributed by atoms with Crippen LogP contribution in [-0.4, -0.2) is 78.1 Å². The van der Waals surface area contributed by atoms with Crippen molar-refractivity contribution in [2.75, 3.05) is 18.5 Å². The molecule has 2 unspecified atom stereocenters. The van der Waals surface area contributed by atoms with Crippen molar-refractivity contribution in [3.05, 3.63) is 42.5 Å². The molecule has 0 aromatic heterocycles. The van der Waals surface area contributed by atoms with E-state index in [1.54, 1.807) is 38.1 Å². The van der Waals surface area contributed by atoms with Crippen LogP contribution in [0.2, 0.25) is 0 Å². The standard InChI is InChI=1S/C28H33F3N4O7/c1-15(2)24(35-27(41)26(40)33-19-9-5-7-16-6-3-4-8-18(16)19)25(39)34-20(13-23(37)38)21(36)14-42-17-10-11-32-22(12-17)28(29,30)31/h3-9,15,17,20,22,24,32H,10-14H2,1-2H3,(H,33,40)(H,34,39)(H,35,41)(H,37,38)/t17?,20-,22?,24-/m0/s1. The number of carboxylic acid groups (broad SMARTS) is 1. The number of ether oxygens (including phenoxy) is 1. The summed E-state index contributed by atoms with van der Waals surface area (Å²) in [6, 6.07) is 7.60. The molecule has 228 valence electrons. The van der Waals surface area contributed by atoms with Gasteiger partial charge in [-0.25, -0.2) is 0 Å². The number of ketones is 1. The Kier molecular flexibility index (Phi) is 11.0. The van der Waals surface area contributed by atoms with Crippen molar-refractivity contribution in [1.82, 2.24) is 16.0 Å². The van der Waals surface area contributed by atoms with Gasteiger partial charge in [-0.2, -0.15) is 13.2 Å². The fourth-order valence-electron chi connectivity index (χ4n) is 4.52. The summed E-state index contributed by atoms with van der Waals surface area (Å²) in [5.74, 6) is -5.97. The van der Waals surface area contributed by atoms with E-state index in [0.717, 1.165) is 5.39 Å². The molecule has 0 spiro atoms. The van der Waals surface area contributed by atoms with E-state index in [2.05, 4.69) is 21.3 Å². The summed E-state index contributed by atoms with van der Waals surface area (Å²) in [5, 5.41) is 20.2. The Morgan fingerprint density at radius 2 is 1.71 bits per heavy atom. The number of carboxylic acids is 1. The van der Waals surface area contributed by atoms with E-state index >= 15 is 0 Å². The van der Waals surface area contributed by atoms with Crippen molar-refractivity contribution in [2.24, 2.45) is 5.92 Å². The molecule has 0 bridgehead atoms. The highest BCUT2D eigenvalue weighted by Gasteiger charge is 2.43. The van der Waals surface area contributed by atoms with Crippen molar-refractivity contribution < 1.29 is 47.0 Å². The van der Waals surface area contributed by atoms with E-state index in [1.807, 2.05) is 18.2 Å². The number of alkyl halides is 3. The number of nitrogens with one attached hydrogen (secondary N) is 4. The van der Waals surface area contributed by atoms with E-state index in [4.69, 9.17) is 4.74 Å². The minimum absolute atomic E-state index is 0.0160. The molecule has 3 rings (SSSR count). The smallest absolute Gasteiger partial charge is 0.403 e. The van der Waals surface area contributed by atoms with Crippen LogP contribution in [0.5, 0.6) is 0 Å². The minimum atomic E-state index is -4.49. The highest BCUT2D eigenvalue weighted by molar-refractivity contribution is 6.40. The first-order valence-electron chi connectivity index (χ1n) is 13.3. The molecule has 1 aliphatic rings. The first kappa shape index (κ1) is 32.5. The number of amides is 3. The van der Waals surface area contributed by atoms with Crippen molar-refractivity contribution >= 4 is 45.9 Å². The Balaban J connectivity index is 1.62. The SMILES string of the molecule is CC(C)[C@H](NC(=O)C(=O)Nc1cccc2ccccc12)C(=O)N[C@@H](CC(=O)O)C(=O)COC1CCNC(C(F)(F)F)C1. The first-order valence-corrected chi connectivity index (χ1v) is 13.3. The molecule has 0 aliphatic carbocycles. The quantitative estimate of drug-likeness (QED) is 0.247. The van der Waals surface area contributed by atoms with Gasteiger partial charge in [-0.05, 0) is 36.8 Å². The molecule has 0 radical (unpaired) electrons. The highest BCUT2D eigenvalue weighted by Crippen LogP contribution is 2.27. The van der Waals surface area contributed by atoms with Gasteiger partial charge < -0.3 is 31.1 Å². The van der Waals surface area contributed by atoms with E-state index in [0.29, 0.717) is 11.1 Å². The number of hydrogen-bond donors (Lipinski definition) is 5. The zero-order valence-corrected chi connectivity index (χ0v) is 23.0. The maximum atomic E-state index is 13.1. The van der Waals surface area contributed by atoms with Crippen LogP contribution in [0.25, 0.3) is 10.8 Å². The average molecular weight is 595 g/mol. The van der Waals surface area contributed by atoms with Crippen molar-refractivity contribution in [3.8, 4) is 0 Å². The van der Waals surface area contributed by atoms with E-state index in [9.17, 15) is 42.3 Å². The molecule has 1 aliphatic heterocycles. The Labute approximate surface area is 239 Å². The monoisotopic (exact) mass is 594 g/mol. The Bertz CT molecular complexity index is 1310. The van der Waals surface area contributed by atoms with Gasteiger partial charge in [-0.15, -0.1) is 0 Å². The second-order valence-electron chi connectivity index (χ2n) is 10.3. The molecule has 5 N–H and O–H groups in total. The lowest BCUT2D eigenvalue weighted by atomic mass is 10.0. The molecule has 14 heteroatoms. The predicted molar refractivity (Wildman–Crippen MR) is 145 cm³/mol. The summed E-state index contributed by atoms with van der Waals surface area (Å²) >= 11 is 0. The van der Waals surface area contributed by atoms with Crippen molar-refractivity contribution in [2.45, 2.75) is 63.5 Å². The summed E-state index contributed by atoms with van der Waals surface area (Å²) in [6.45, 7) is 2.43. The average Bonchev–Trinajstić information content (AvgIpc) is 2.93. The summed E-state index contributed by atoms with van der Waals surface area (Å²) in [6.07, 6.45) is -6.43. The van der Waals surface area contributed by atoms with Gasteiger partial charge in [0, 0.05) is 11.1 Å². The number of Topliss-reactive ketones (excluding diaryl/α,β-unsaturated/α-hetero) is 1. The third kappa shape index (κ3) is 8.98. The summed E-state index contributed by atoms with van der Waals surface area (Å²) in [4.78, 5) is 62.6. The zero-order chi connectivity index (χ0) is 31.0. The lowest BCUT2D eigenvalue weighted by molar-refractivity contribution is -0.170. The number of halogens is 3. The number of anilines is 1. The second-order valence-corrected chi connectivity index (χ2v) is 10.3. The molecular weight excluding hydrogens is 561 g/mol. The maximum absolute atomic E-state index is 13.1. The van der Waals surface area contributed by atoms with Crippen LogP contribution in [0.15, 0.2) is 42.5 Å². The van der Waals surface area contributed by atoms with Gasteiger partial charge in [0.1, 0.15) is 24.7 Å². The van der Waals surface area contributed by atoms with Gasteiger partial charge in [0.15, 0.2) is 5.78 Å². The number of aliphatic carboxylic acids is 1. The van der Waals surface area contributed by atoms with Crippen LogP contribution in [0.3, 0.4) is 0 Å². The van der Waals surface area contributed by atoms with Gasteiger partial charge in [0.2, 0.25) is 5.91 Å². The number of hydrogen-bond acceptors (Lipinski definition) is 7. The molecule has 2 aromatic carbocycles. The van der Waals surface area contributed by atoms with E-state index in [-0.39, 0.29) is 13.0 Å². The Morgan fingerprint density at radius 3 is 2.38 bits per heavy atom. The normalized spacial score (nSPS) is 18.6. The van der Waals surface area contributed by atoms with Crippen molar-refractivity contribution in [3.63, 3.8) is 0 Å². The molecule has 1 saturated heterocycles. The van der Waals surface area contributed by atoms with Crippen LogP contribution in [-0.2, 0) is 28.7 Å². The van der Waals surface area contributed by atoms with E-state index in [1.165, 1.54) is 0 Å². The lowest BCUT2D eigenvalue weighted by Crippen LogP contribution is -2.56. The number of fused-ring (bicyclic) bond motifs is 1. The third-order valence-electron chi connectivity index (χ3n) is 6.78. The molecule has 11 nitrogen and oxygen atoms in total. The van der Waals surface area contributed by atoms with Gasteiger partial charge in [0.25, 0.3) is 0 Å². The minimum Gasteiger partial charge on any atom is -0.481 e. The van der Waals surface area contributed by atoms with Crippen LogP contribution >= 0.6 is 0 Å².